The summed E-state index contributed by atoms with van der Waals surface area (Å²) < 4.78 is 35.4. The third-order valence-electron chi connectivity index (χ3n) is 6.65. The number of unbranched alkanes of at least 4 members (excludes halogenated alkanes) is 1. The van der Waals surface area contributed by atoms with Crippen molar-refractivity contribution in [3.63, 3.8) is 0 Å². The number of nitro groups is 1. The molecule has 1 aliphatic heterocycles. The number of carbonyl (C=O) groups excluding carboxylic acids is 3. The van der Waals surface area contributed by atoms with E-state index in [-0.39, 0.29) is 36.5 Å². The van der Waals surface area contributed by atoms with E-state index in [1.807, 2.05) is 6.92 Å². The molecule has 1 heterocycles. The number of rotatable bonds is 10. The van der Waals surface area contributed by atoms with Gasteiger partial charge in [0.05, 0.1) is 16.9 Å². The fraction of sp³-hybridized carbons (Fsp3) is 0.233. The number of thioether (sulfide) groups is 1. The van der Waals surface area contributed by atoms with Crippen molar-refractivity contribution in [1.82, 2.24) is 5.32 Å². The summed E-state index contributed by atoms with van der Waals surface area (Å²) in [6.45, 7) is 1.75. The van der Waals surface area contributed by atoms with E-state index < -0.39 is 36.1 Å². The maximum atomic E-state index is 13.6. The van der Waals surface area contributed by atoms with Crippen molar-refractivity contribution < 1.29 is 37.2 Å². The van der Waals surface area contributed by atoms with Crippen LogP contribution in [0.2, 0.25) is 0 Å². The summed E-state index contributed by atoms with van der Waals surface area (Å²) in [7, 11) is -2.81. The highest BCUT2D eigenvalue weighted by atomic mass is 32.3. The number of sulfone groups is 1. The number of benzene rings is 3. The number of ether oxygens (including phenoxy) is 2. The largest absolute Gasteiger partial charge is 0.497 e. The summed E-state index contributed by atoms with van der Waals surface area (Å²) in [5, 5.41) is 14.8. The molecular formula is C30H27N3O9S2. The topological polar surface area (TPSA) is 171 Å². The Bertz CT molecular complexity index is 1760. The van der Waals surface area contributed by atoms with Gasteiger partial charge in [-0.05, 0) is 91.2 Å². The first-order valence-electron chi connectivity index (χ1n) is 13.1. The van der Waals surface area contributed by atoms with Gasteiger partial charge in [0.2, 0.25) is 13.9 Å². The minimum absolute atomic E-state index is 0.0670. The van der Waals surface area contributed by atoms with E-state index in [0.29, 0.717) is 34.3 Å². The summed E-state index contributed by atoms with van der Waals surface area (Å²) in [6.07, 6.45) is -0.422. The van der Waals surface area contributed by atoms with Crippen LogP contribution in [0.3, 0.4) is 0 Å². The Hall–Kier alpha value is -4.87. The van der Waals surface area contributed by atoms with E-state index in [2.05, 4.69) is 22.5 Å². The summed E-state index contributed by atoms with van der Waals surface area (Å²) in [5.41, 5.74) is 2.38. The zero-order chi connectivity index (χ0) is 31.9. The van der Waals surface area contributed by atoms with Gasteiger partial charge in [-0.15, -0.1) is 0 Å². The molecule has 0 aromatic heterocycles. The molecule has 3 aromatic rings. The molecule has 1 saturated heterocycles. The van der Waals surface area contributed by atoms with E-state index in [1.165, 1.54) is 55.6 Å². The summed E-state index contributed by atoms with van der Waals surface area (Å²) in [5.74, 6) is 5.54. The van der Waals surface area contributed by atoms with Crippen molar-refractivity contribution in [2.45, 2.75) is 41.8 Å². The Morgan fingerprint density at radius 2 is 1.80 bits per heavy atom. The fourth-order valence-corrected chi connectivity index (χ4v) is 7.62. The van der Waals surface area contributed by atoms with Crippen LogP contribution in [-0.2, 0) is 26.0 Å². The molecule has 228 valence electrons. The van der Waals surface area contributed by atoms with Gasteiger partial charge in [-0.3, -0.25) is 30.3 Å². The predicted molar refractivity (Wildman–Crippen MR) is 163 cm³/mol. The zero-order valence-electron chi connectivity index (χ0n) is 23.6. The van der Waals surface area contributed by atoms with E-state index >= 15 is 0 Å². The van der Waals surface area contributed by atoms with Gasteiger partial charge in [-0.1, -0.05) is 17.9 Å². The molecule has 0 spiro atoms. The maximum Gasteiger partial charge on any atom is 0.411 e. The van der Waals surface area contributed by atoms with Crippen LogP contribution in [0.15, 0.2) is 71.6 Å². The van der Waals surface area contributed by atoms with Crippen molar-refractivity contribution in [1.29, 1.82) is 0 Å². The lowest BCUT2D eigenvalue weighted by atomic mass is 10.1. The molecule has 12 nitrogen and oxygen atoms in total. The molecule has 44 heavy (non-hydrogen) atoms. The molecule has 3 amide bonds. The quantitative estimate of drug-likeness (QED) is 0.128. The second-order valence-corrected chi connectivity index (χ2v) is 13.3. The maximum absolute atomic E-state index is 13.6. The van der Waals surface area contributed by atoms with Crippen LogP contribution in [0.1, 0.15) is 36.0 Å². The van der Waals surface area contributed by atoms with Crippen molar-refractivity contribution in [3.8, 4) is 17.6 Å². The van der Waals surface area contributed by atoms with Crippen LogP contribution < -0.4 is 15.4 Å². The summed E-state index contributed by atoms with van der Waals surface area (Å²) >= 11 is 0.455. The number of nitrogens with one attached hydrogen (secondary N) is 2. The number of nitrogens with zero attached hydrogens (tertiary/aromatic N) is 1. The number of nitro benzene ring substituents is 1. The minimum atomic E-state index is -4.25. The van der Waals surface area contributed by atoms with E-state index in [4.69, 9.17) is 9.47 Å². The van der Waals surface area contributed by atoms with Crippen LogP contribution in [0.5, 0.6) is 5.75 Å². The van der Waals surface area contributed by atoms with Gasteiger partial charge in [0, 0.05) is 29.8 Å². The molecule has 4 rings (SSSR count). The smallest absolute Gasteiger partial charge is 0.411 e. The Labute approximate surface area is 257 Å². The van der Waals surface area contributed by atoms with Crippen molar-refractivity contribution in [2.24, 2.45) is 0 Å². The van der Waals surface area contributed by atoms with Gasteiger partial charge < -0.3 is 9.47 Å². The molecule has 1 aliphatic rings. The molecular weight excluding hydrogens is 610 g/mol. The average molecular weight is 638 g/mol. The van der Waals surface area contributed by atoms with Gasteiger partial charge in [-0.2, -0.15) is 0 Å². The Morgan fingerprint density at radius 3 is 2.41 bits per heavy atom. The number of hydrogen-bond acceptors (Lipinski definition) is 10. The number of methoxy groups -OCH3 is 1. The number of non-ortho nitro benzene ring substituents is 1. The number of carbonyl (C=O) groups is 3. The van der Waals surface area contributed by atoms with E-state index in [0.717, 1.165) is 5.56 Å². The summed E-state index contributed by atoms with van der Waals surface area (Å²) in [4.78, 5) is 47.3. The molecule has 0 aliphatic carbocycles. The molecule has 3 aromatic carbocycles. The van der Waals surface area contributed by atoms with E-state index in [1.54, 1.807) is 18.2 Å². The SMILES string of the molecule is COc1ccc(S(=O)(=O)C2(CCCC#Cc3cc(NC(=O)OCc4ccc([N+](=O)[O-])cc4)ccc3C)SC(=O)NC2=O)cc1. The van der Waals surface area contributed by atoms with Gasteiger partial charge in [0.15, 0.2) is 0 Å². The first kappa shape index (κ1) is 32.1. The highest BCUT2D eigenvalue weighted by Crippen LogP contribution is 2.44. The lowest BCUT2D eigenvalue weighted by Crippen LogP contribution is -2.43. The molecule has 2 N–H and O–H groups in total. The second kappa shape index (κ2) is 13.6. The molecule has 1 unspecified atom stereocenters. The monoisotopic (exact) mass is 637 g/mol. The number of aryl methyl sites for hydroxylation is 1. The number of amides is 3. The van der Waals surface area contributed by atoms with Crippen LogP contribution in [0, 0.1) is 28.9 Å². The van der Waals surface area contributed by atoms with Crippen molar-refractivity contribution in [3.05, 3.63) is 93.5 Å². The fourth-order valence-electron chi connectivity index (χ4n) is 4.25. The Morgan fingerprint density at radius 1 is 1.09 bits per heavy atom. The lowest BCUT2D eigenvalue weighted by molar-refractivity contribution is -0.384. The average Bonchev–Trinajstić information content (AvgIpc) is 3.31. The van der Waals surface area contributed by atoms with Gasteiger partial charge in [0.1, 0.15) is 12.4 Å². The van der Waals surface area contributed by atoms with Crippen LogP contribution in [0.25, 0.3) is 0 Å². The van der Waals surface area contributed by atoms with Gasteiger partial charge in [0.25, 0.3) is 16.8 Å². The standard InChI is InChI=1S/C30H27N3O9S2/c1-20-7-10-23(31-28(35)42-19-21-8-11-24(12-9-21)33(37)38)18-22(20)6-4-3-5-17-30(27(34)32-29(36)43-30)44(39,40)26-15-13-25(41-2)14-16-26/h7-16,18H,3,5,17,19H2,1-2H3,(H,31,35)(H,32,34,36). The van der Waals surface area contributed by atoms with E-state index in [9.17, 15) is 32.9 Å². The van der Waals surface area contributed by atoms with Gasteiger partial charge >= 0.3 is 6.09 Å². The Kier molecular flexibility index (Phi) is 9.92. The molecule has 1 fully saturated rings. The molecule has 1 atom stereocenters. The van der Waals surface area contributed by atoms with Crippen molar-refractivity contribution >= 4 is 50.2 Å². The predicted octanol–water partition coefficient (Wildman–Crippen LogP) is 5.34. The third kappa shape index (κ3) is 7.19. The molecule has 0 radical (unpaired) electrons. The highest BCUT2D eigenvalue weighted by Gasteiger charge is 2.57. The first-order chi connectivity index (χ1) is 20.9. The van der Waals surface area contributed by atoms with Gasteiger partial charge in [-0.25, -0.2) is 13.2 Å². The molecule has 0 bridgehead atoms. The number of hydrogen-bond donors (Lipinski definition) is 2. The number of anilines is 1. The molecule has 0 saturated carbocycles. The first-order valence-corrected chi connectivity index (χ1v) is 15.4. The summed E-state index contributed by atoms with van der Waals surface area (Å²) in [6, 6.07) is 16.3. The third-order valence-corrected chi connectivity index (χ3v) is 10.7. The zero-order valence-corrected chi connectivity index (χ0v) is 25.3. The highest BCUT2D eigenvalue weighted by molar-refractivity contribution is 8.25. The van der Waals surface area contributed by atoms with Crippen molar-refractivity contribution in [2.75, 3.05) is 12.4 Å². The van der Waals surface area contributed by atoms with Crippen LogP contribution in [0.4, 0.5) is 21.0 Å². The Balaban J connectivity index is 1.38. The minimum Gasteiger partial charge on any atom is -0.497 e. The second-order valence-electron chi connectivity index (χ2n) is 9.59. The lowest BCUT2D eigenvalue weighted by Gasteiger charge is -2.24. The molecule has 14 heteroatoms. The number of imide groups is 1. The normalized spacial score (nSPS) is 16.0. The van der Waals surface area contributed by atoms with Crippen LogP contribution in [-0.4, -0.2) is 41.8 Å². The van der Waals surface area contributed by atoms with Crippen LogP contribution >= 0.6 is 11.8 Å².